The summed E-state index contributed by atoms with van der Waals surface area (Å²) in [7, 11) is -3.55. The number of aromatic nitrogens is 2. The van der Waals surface area contributed by atoms with E-state index in [9.17, 15) is 8.42 Å². The van der Waals surface area contributed by atoms with Crippen LogP contribution in [-0.2, 0) is 10.0 Å². The van der Waals surface area contributed by atoms with Crippen molar-refractivity contribution in [2.24, 2.45) is 0 Å². The summed E-state index contributed by atoms with van der Waals surface area (Å²) in [4.78, 5) is 0.294. The van der Waals surface area contributed by atoms with Crippen LogP contribution in [0.4, 0.5) is 0 Å². The van der Waals surface area contributed by atoms with Crippen LogP contribution in [0, 0.1) is 0 Å². The molecule has 7 heteroatoms. The van der Waals surface area contributed by atoms with Gasteiger partial charge in [-0.2, -0.15) is 9.40 Å². The fourth-order valence-electron chi connectivity index (χ4n) is 3.13. The van der Waals surface area contributed by atoms with Crippen LogP contribution in [0.25, 0.3) is 11.1 Å². The number of hydrogen-bond donors (Lipinski definition) is 0. The SMILES string of the molecule is O=S(=O)(c1ccc(-c2ccccc2)cc1)N1CCC(Oc2cccnn2)C1. The van der Waals surface area contributed by atoms with Crippen molar-refractivity contribution in [1.29, 1.82) is 0 Å². The Bertz CT molecular complexity index is 994. The summed E-state index contributed by atoms with van der Waals surface area (Å²) < 4.78 is 33.0. The molecule has 0 amide bonds. The van der Waals surface area contributed by atoms with Crippen molar-refractivity contribution in [2.75, 3.05) is 13.1 Å². The van der Waals surface area contributed by atoms with Crippen molar-refractivity contribution in [3.05, 3.63) is 72.9 Å². The van der Waals surface area contributed by atoms with Crippen molar-refractivity contribution >= 4 is 10.0 Å². The summed E-state index contributed by atoms with van der Waals surface area (Å²) in [6.07, 6.45) is 1.97. The highest BCUT2D eigenvalue weighted by Crippen LogP contribution is 2.26. The van der Waals surface area contributed by atoms with Gasteiger partial charge in [-0.3, -0.25) is 0 Å². The molecule has 1 aliphatic rings. The largest absolute Gasteiger partial charge is 0.472 e. The molecule has 27 heavy (non-hydrogen) atoms. The van der Waals surface area contributed by atoms with E-state index < -0.39 is 10.0 Å². The molecule has 0 spiro atoms. The summed E-state index contributed by atoms with van der Waals surface area (Å²) in [6.45, 7) is 0.729. The number of ether oxygens (including phenoxy) is 1. The van der Waals surface area contributed by atoms with Crippen molar-refractivity contribution in [1.82, 2.24) is 14.5 Å². The Balaban J connectivity index is 1.47. The lowest BCUT2D eigenvalue weighted by atomic mass is 10.1. The maximum atomic E-state index is 12.9. The second-order valence-electron chi connectivity index (χ2n) is 6.34. The van der Waals surface area contributed by atoms with Gasteiger partial charge in [-0.05, 0) is 35.7 Å². The van der Waals surface area contributed by atoms with Gasteiger partial charge in [-0.25, -0.2) is 8.42 Å². The highest BCUT2D eigenvalue weighted by molar-refractivity contribution is 7.89. The van der Waals surface area contributed by atoms with Crippen LogP contribution < -0.4 is 4.74 Å². The third-order valence-electron chi connectivity index (χ3n) is 4.54. The van der Waals surface area contributed by atoms with Crippen LogP contribution in [0.15, 0.2) is 77.8 Å². The van der Waals surface area contributed by atoms with E-state index in [2.05, 4.69) is 10.2 Å². The monoisotopic (exact) mass is 381 g/mol. The smallest absolute Gasteiger partial charge is 0.243 e. The van der Waals surface area contributed by atoms with Gasteiger partial charge in [-0.1, -0.05) is 42.5 Å². The Morgan fingerprint density at radius 1 is 0.926 bits per heavy atom. The molecule has 1 fully saturated rings. The number of rotatable bonds is 5. The molecular weight excluding hydrogens is 362 g/mol. The van der Waals surface area contributed by atoms with E-state index in [1.165, 1.54) is 4.31 Å². The Morgan fingerprint density at radius 3 is 2.37 bits per heavy atom. The molecule has 0 bridgehead atoms. The zero-order valence-electron chi connectivity index (χ0n) is 14.6. The minimum absolute atomic E-state index is 0.222. The van der Waals surface area contributed by atoms with Gasteiger partial charge in [0.1, 0.15) is 6.10 Å². The molecule has 3 aromatic rings. The van der Waals surface area contributed by atoms with E-state index in [1.54, 1.807) is 30.5 Å². The van der Waals surface area contributed by atoms with E-state index in [0.29, 0.717) is 30.3 Å². The molecule has 6 nitrogen and oxygen atoms in total. The van der Waals surface area contributed by atoms with Crippen molar-refractivity contribution in [3.8, 4) is 17.0 Å². The molecule has 1 saturated heterocycles. The molecule has 0 saturated carbocycles. The first-order valence-corrected chi connectivity index (χ1v) is 10.2. The molecule has 0 N–H and O–H groups in total. The van der Waals surface area contributed by atoms with Gasteiger partial charge < -0.3 is 4.74 Å². The predicted octanol–water partition coefficient (Wildman–Crippen LogP) is 2.99. The Hall–Kier alpha value is -2.77. The fraction of sp³-hybridized carbons (Fsp3) is 0.200. The lowest BCUT2D eigenvalue weighted by Crippen LogP contribution is -2.31. The van der Waals surface area contributed by atoms with Crippen molar-refractivity contribution in [2.45, 2.75) is 17.4 Å². The topological polar surface area (TPSA) is 72.4 Å². The molecule has 0 aliphatic carbocycles. The first-order valence-electron chi connectivity index (χ1n) is 8.73. The maximum absolute atomic E-state index is 12.9. The minimum atomic E-state index is -3.55. The third-order valence-corrected chi connectivity index (χ3v) is 6.42. The first-order chi connectivity index (χ1) is 13.1. The highest BCUT2D eigenvalue weighted by Gasteiger charge is 2.33. The van der Waals surface area contributed by atoms with E-state index in [-0.39, 0.29) is 6.10 Å². The van der Waals surface area contributed by atoms with Crippen LogP contribution >= 0.6 is 0 Å². The standard InChI is InChI=1S/C20H19N3O3S/c24-27(25,19-10-8-17(9-11-19)16-5-2-1-3-6-16)23-14-12-18(15-23)26-20-7-4-13-21-22-20/h1-11,13,18H,12,14-15H2. The third kappa shape index (κ3) is 3.84. The Kier molecular flexibility index (Phi) is 4.87. The summed E-state index contributed by atoms with van der Waals surface area (Å²) in [6, 6.07) is 20.3. The van der Waals surface area contributed by atoms with E-state index in [0.717, 1.165) is 11.1 Å². The van der Waals surface area contributed by atoms with Crippen molar-refractivity contribution in [3.63, 3.8) is 0 Å². The van der Waals surface area contributed by atoms with Gasteiger partial charge in [0.25, 0.3) is 0 Å². The van der Waals surface area contributed by atoms with E-state index >= 15 is 0 Å². The Labute approximate surface area is 158 Å². The second kappa shape index (κ2) is 7.46. The molecule has 1 atom stereocenters. The second-order valence-corrected chi connectivity index (χ2v) is 8.28. The van der Waals surface area contributed by atoms with E-state index in [1.807, 2.05) is 42.5 Å². The Morgan fingerprint density at radius 2 is 1.67 bits per heavy atom. The quantitative estimate of drug-likeness (QED) is 0.679. The molecule has 1 aliphatic heterocycles. The van der Waals surface area contributed by atoms with Gasteiger partial charge in [0.2, 0.25) is 15.9 Å². The van der Waals surface area contributed by atoms with Crippen LogP contribution in [0.1, 0.15) is 6.42 Å². The number of hydrogen-bond acceptors (Lipinski definition) is 5. The summed E-state index contributed by atoms with van der Waals surface area (Å²) in [5, 5.41) is 7.65. The van der Waals surface area contributed by atoms with Gasteiger partial charge in [-0.15, -0.1) is 5.10 Å². The summed E-state index contributed by atoms with van der Waals surface area (Å²) in [5.41, 5.74) is 2.04. The molecule has 138 valence electrons. The first kappa shape index (κ1) is 17.6. The zero-order chi connectivity index (χ0) is 18.7. The van der Waals surface area contributed by atoms with E-state index in [4.69, 9.17) is 4.74 Å². The number of nitrogens with zero attached hydrogens (tertiary/aromatic N) is 3. The molecule has 4 rings (SSSR count). The molecule has 0 radical (unpaired) electrons. The summed E-state index contributed by atoms with van der Waals surface area (Å²) in [5.74, 6) is 0.411. The van der Waals surface area contributed by atoms with Crippen LogP contribution in [0.3, 0.4) is 0 Å². The van der Waals surface area contributed by atoms with Crippen LogP contribution in [0.5, 0.6) is 5.88 Å². The molecule has 2 heterocycles. The maximum Gasteiger partial charge on any atom is 0.243 e. The molecule has 2 aromatic carbocycles. The van der Waals surface area contributed by atoms with Crippen LogP contribution in [-0.4, -0.2) is 42.1 Å². The summed E-state index contributed by atoms with van der Waals surface area (Å²) >= 11 is 0. The zero-order valence-corrected chi connectivity index (χ0v) is 15.4. The van der Waals surface area contributed by atoms with Gasteiger partial charge >= 0.3 is 0 Å². The normalized spacial score (nSPS) is 17.7. The number of benzene rings is 2. The minimum Gasteiger partial charge on any atom is -0.472 e. The molecular formula is C20H19N3O3S. The van der Waals surface area contributed by atoms with Gasteiger partial charge in [0, 0.05) is 18.8 Å². The van der Waals surface area contributed by atoms with Crippen LogP contribution in [0.2, 0.25) is 0 Å². The number of sulfonamides is 1. The predicted molar refractivity (Wildman–Crippen MR) is 102 cm³/mol. The lowest BCUT2D eigenvalue weighted by molar-refractivity contribution is 0.204. The fourth-order valence-corrected chi connectivity index (χ4v) is 4.62. The average molecular weight is 381 g/mol. The molecule has 1 unspecified atom stereocenters. The average Bonchev–Trinajstić information content (AvgIpc) is 3.19. The molecule has 1 aromatic heterocycles. The van der Waals surface area contributed by atoms with Gasteiger partial charge in [0.15, 0.2) is 0 Å². The highest BCUT2D eigenvalue weighted by atomic mass is 32.2. The lowest BCUT2D eigenvalue weighted by Gasteiger charge is -2.17. The van der Waals surface area contributed by atoms with Gasteiger partial charge in [0.05, 0.1) is 11.4 Å². The van der Waals surface area contributed by atoms with Crippen molar-refractivity contribution < 1.29 is 13.2 Å².